The van der Waals surface area contributed by atoms with Crippen molar-refractivity contribution < 1.29 is 24.5 Å². The third-order valence-electron chi connectivity index (χ3n) is 3.96. The summed E-state index contributed by atoms with van der Waals surface area (Å²) >= 11 is 6.19. The number of hydrogen-bond donors (Lipinski definition) is 1. The van der Waals surface area contributed by atoms with Crippen molar-refractivity contribution in [1.82, 2.24) is 0 Å². The molecule has 0 aliphatic carbocycles. The van der Waals surface area contributed by atoms with Crippen LogP contribution in [0.25, 0.3) is 6.08 Å². The van der Waals surface area contributed by atoms with Crippen LogP contribution in [-0.4, -0.2) is 31.8 Å². The number of hydrogen-bond acceptors (Lipinski definition) is 9. The normalized spacial score (nSPS) is 15.0. The highest BCUT2D eigenvalue weighted by Gasteiger charge is 2.34. The number of carbonyl (C=O) groups excluding carboxylic acids is 1. The fourth-order valence-electron chi connectivity index (χ4n) is 2.69. The molecule has 1 aliphatic rings. The van der Waals surface area contributed by atoms with E-state index in [4.69, 9.17) is 17.0 Å². The second-order valence-corrected chi connectivity index (χ2v) is 7.55. The van der Waals surface area contributed by atoms with Crippen LogP contribution in [0.1, 0.15) is 12.5 Å². The van der Waals surface area contributed by atoms with Crippen molar-refractivity contribution >= 4 is 57.3 Å². The molecule has 10 nitrogen and oxygen atoms in total. The zero-order valence-electron chi connectivity index (χ0n) is 15.3. The summed E-state index contributed by atoms with van der Waals surface area (Å²) in [5, 5.41) is 32.2. The third-order valence-corrected chi connectivity index (χ3v) is 5.27. The number of nitro benzene ring substituents is 2. The average molecular weight is 447 g/mol. The molecule has 0 bridgehead atoms. The SMILES string of the molecule is CCOc1cc(/C=C2/SC(=S)N(c3cccc([N+](=O)[O-])c3)C2=O)cc([N+](=O)[O-])c1O. The fourth-order valence-corrected chi connectivity index (χ4v) is 3.99. The predicted molar refractivity (Wildman–Crippen MR) is 115 cm³/mol. The Morgan fingerprint density at radius 3 is 2.60 bits per heavy atom. The van der Waals surface area contributed by atoms with Crippen LogP contribution in [-0.2, 0) is 4.79 Å². The number of thiocarbonyl (C=S) groups is 1. The maximum absolute atomic E-state index is 12.9. The Kier molecular flexibility index (Phi) is 5.99. The number of phenolic OH excluding ortho intramolecular Hbond substituents is 1. The molecule has 0 atom stereocenters. The molecule has 1 saturated heterocycles. The van der Waals surface area contributed by atoms with Gasteiger partial charge in [0.1, 0.15) is 0 Å². The van der Waals surface area contributed by atoms with Crippen LogP contribution in [0.3, 0.4) is 0 Å². The number of nitrogens with zero attached hydrogens (tertiary/aromatic N) is 3. The van der Waals surface area contributed by atoms with Crippen LogP contribution in [0.5, 0.6) is 11.5 Å². The van der Waals surface area contributed by atoms with Crippen molar-refractivity contribution in [1.29, 1.82) is 0 Å². The van der Waals surface area contributed by atoms with Crippen molar-refractivity contribution in [2.45, 2.75) is 6.92 Å². The summed E-state index contributed by atoms with van der Waals surface area (Å²) in [6, 6.07) is 7.95. The maximum Gasteiger partial charge on any atom is 0.315 e. The number of thioether (sulfide) groups is 1. The smallest absolute Gasteiger partial charge is 0.315 e. The lowest BCUT2D eigenvalue weighted by Crippen LogP contribution is -2.27. The van der Waals surface area contributed by atoms with Crippen LogP contribution in [0.15, 0.2) is 41.3 Å². The summed E-state index contributed by atoms with van der Waals surface area (Å²) in [6.07, 6.45) is 1.38. The largest absolute Gasteiger partial charge is 0.500 e. The van der Waals surface area contributed by atoms with Crippen molar-refractivity contribution in [3.63, 3.8) is 0 Å². The minimum atomic E-state index is -0.760. The number of anilines is 1. The van der Waals surface area contributed by atoms with Gasteiger partial charge in [0.15, 0.2) is 10.1 Å². The van der Waals surface area contributed by atoms with Gasteiger partial charge in [0.05, 0.1) is 27.0 Å². The highest BCUT2D eigenvalue weighted by molar-refractivity contribution is 8.27. The van der Waals surface area contributed by atoms with Gasteiger partial charge in [-0.15, -0.1) is 0 Å². The summed E-state index contributed by atoms with van der Waals surface area (Å²) < 4.78 is 5.39. The fraction of sp³-hybridized carbons (Fsp3) is 0.111. The van der Waals surface area contributed by atoms with E-state index in [1.165, 1.54) is 36.4 Å². The highest BCUT2D eigenvalue weighted by atomic mass is 32.2. The first kappa shape index (κ1) is 21.2. The molecule has 1 fully saturated rings. The number of non-ortho nitro benzene ring substituents is 1. The van der Waals surface area contributed by atoms with Crippen LogP contribution >= 0.6 is 24.0 Å². The van der Waals surface area contributed by atoms with Crippen LogP contribution in [0, 0.1) is 20.2 Å². The molecule has 0 unspecified atom stereocenters. The van der Waals surface area contributed by atoms with Crippen molar-refractivity contribution in [3.8, 4) is 11.5 Å². The molecule has 2 aromatic carbocycles. The Bertz CT molecular complexity index is 1120. The number of aromatic hydroxyl groups is 1. The van der Waals surface area contributed by atoms with Crippen molar-refractivity contribution in [2.24, 2.45) is 0 Å². The third kappa shape index (κ3) is 4.09. The quantitative estimate of drug-likeness (QED) is 0.301. The van der Waals surface area contributed by atoms with E-state index in [1.54, 1.807) is 6.92 Å². The Balaban J connectivity index is 2.01. The Hall–Kier alpha value is -3.51. The Morgan fingerprint density at radius 1 is 1.23 bits per heavy atom. The van der Waals surface area contributed by atoms with E-state index in [1.807, 2.05) is 0 Å². The number of amides is 1. The Labute approximate surface area is 179 Å². The lowest BCUT2D eigenvalue weighted by molar-refractivity contribution is -0.386. The number of ether oxygens (including phenoxy) is 1. The molecule has 0 spiro atoms. The van der Waals surface area contributed by atoms with Gasteiger partial charge in [-0.3, -0.25) is 29.9 Å². The van der Waals surface area contributed by atoms with Gasteiger partial charge in [-0.2, -0.15) is 0 Å². The topological polar surface area (TPSA) is 136 Å². The summed E-state index contributed by atoms with van der Waals surface area (Å²) in [5.41, 5.74) is -0.272. The van der Waals surface area contributed by atoms with Gasteiger partial charge in [0, 0.05) is 18.2 Å². The van der Waals surface area contributed by atoms with Crippen molar-refractivity contribution in [2.75, 3.05) is 11.5 Å². The van der Waals surface area contributed by atoms with Gasteiger partial charge in [-0.05, 0) is 30.7 Å². The minimum Gasteiger partial charge on any atom is -0.500 e. The molecule has 12 heteroatoms. The van der Waals surface area contributed by atoms with E-state index >= 15 is 0 Å². The number of rotatable bonds is 6. The van der Waals surface area contributed by atoms with Gasteiger partial charge < -0.3 is 9.84 Å². The van der Waals surface area contributed by atoms with E-state index in [0.717, 1.165) is 22.7 Å². The summed E-state index contributed by atoms with van der Waals surface area (Å²) in [6.45, 7) is 1.82. The first-order valence-corrected chi connectivity index (χ1v) is 9.62. The van der Waals surface area contributed by atoms with E-state index in [0.29, 0.717) is 0 Å². The second kappa shape index (κ2) is 8.47. The number of nitro groups is 2. The van der Waals surface area contributed by atoms with Crippen LogP contribution in [0.2, 0.25) is 0 Å². The minimum absolute atomic E-state index is 0.0906. The summed E-state index contributed by atoms with van der Waals surface area (Å²) in [5.74, 6) is -1.23. The lowest BCUT2D eigenvalue weighted by atomic mass is 10.1. The monoisotopic (exact) mass is 447 g/mol. The zero-order chi connectivity index (χ0) is 22.0. The summed E-state index contributed by atoms with van der Waals surface area (Å²) in [4.78, 5) is 35.1. The molecule has 0 saturated carbocycles. The number of phenols is 1. The zero-order valence-corrected chi connectivity index (χ0v) is 16.9. The molecule has 1 amide bonds. The molecule has 154 valence electrons. The van der Waals surface area contributed by atoms with Gasteiger partial charge in [-0.1, -0.05) is 30.0 Å². The maximum atomic E-state index is 12.9. The van der Waals surface area contributed by atoms with Gasteiger partial charge >= 0.3 is 5.69 Å². The first-order chi connectivity index (χ1) is 14.2. The van der Waals surface area contributed by atoms with Gasteiger partial charge in [0.2, 0.25) is 5.75 Å². The second-order valence-electron chi connectivity index (χ2n) is 5.87. The first-order valence-electron chi connectivity index (χ1n) is 8.39. The lowest BCUT2D eigenvalue weighted by Gasteiger charge is -2.14. The number of benzene rings is 2. The van der Waals surface area contributed by atoms with Gasteiger partial charge in [0.25, 0.3) is 11.6 Å². The molecule has 0 aromatic heterocycles. The van der Waals surface area contributed by atoms with Crippen LogP contribution < -0.4 is 9.64 Å². The number of carbonyl (C=O) groups is 1. The van der Waals surface area contributed by atoms with Crippen LogP contribution in [0.4, 0.5) is 17.1 Å². The molecular weight excluding hydrogens is 434 g/mol. The van der Waals surface area contributed by atoms with E-state index in [2.05, 4.69) is 0 Å². The molecule has 1 heterocycles. The average Bonchev–Trinajstić information content (AvgIpc) is 2.97. The molecule has 0 radical (unpaired) electrons. The van der Waals surface area contributed by atoms with E-state index < -0.39 is 27.2 Å². The Morgan fingerprint density at radius 2 is 1.97 bits per heavy atom. The molecule has 1 aliphatic heterocycles. The van der Waals surface area contributed by atoms with E-state index in [-0.39, 0.29) is 38.5 Å². The van der Waals surface area contributed by atoms with E-state index in [9.17, 15) is 30.1 Å². The molecule has 3 rings (SSSR count). The van der Waals surface area contributed by atoms with Crippen molar-refractivity contribution in [3.05, 3.63) is 67.1 Å². The standard InChI is InChI=1S/C18H13N3O7S2/c1-2-28-14-7-10(6-13(16(14)22)21(26)27)8-15-17(23)19(18(29)30-15)11-4-3-5-12(9-11)20(24)25/h3-9,22H,2H2,1H3/b15-8+. The summed E-state index contributed by atoms with van der Waals surface area (Å²) in [7, 11) is 0. The molecule has 30 heavy (non-hydrogen) atoms. The molecule has 1 N–H and O–H groups in total. The molecular formula is C18H13N3O7S2. The highest BCUT2D eigenvalue weighted by Crippen LogP contribution is 2.40. The van der Waals surface area contributed by atoms with Gasteiger partial charge in [-0.25, -0.2) is 0 Å². The molecule has 2 aromatic rings. The predicted octanol–water partition coefficient (Wildman–Crippen LogP) is 4.01.